The molecule has 1 amide bonds. The van der Waals surface area contributed by atoms with E-state index in [0.29, 0.717) is 11.4 Å². The first kappa shape index (κ1) is 14.9. The van der Waals surface area contributed by atoms with Gasteiger partial charge >= 0.3 is 0 Å². The van der Waals surface area contributed by atoms with E-state index in [4.69, 9.17) is 5.73 Å². The molecule has 0 saturated carbocycles. The predicted molar refractivity (Wildman–Crippen MR) is 80.1 cm³/mol. The number of hydrogen-bond donors (Lipinski definition) is 2. The van der Waals surface area contributed by atoms with Gasteiger partial charge < -0.3 is 16.0 Å². The Labute approximate surface area is 113 Å². The summed E-state index contributed by atoms with van der Waals surface area (Å²) in [5.41, 5.74) is 8.17. The Kier molecular flexibility index (Phi) is 6.01. The Morgan fingerprint density at radius 2 is 2.17 bits per heavy atom. The zero-order valence-electron chi connectivity index (χ0n) is 11.2. The quantitative estimate of drug-likeness (QED) is 0.609. The van der Waals surface area contributed by atoms with Crippen LogP contribution < -0.4 is 11.1 Å². The second-order valence-electron chi connectivity index (χ2n) is 4.44. The van der Waals surface area contributed by atoms with Crippen molar-refractivity contribution in [2.75, 3.05) is 43.2 Å². The molecule has 0 radical (unpaired) electrons. The number of nitrogens with two attached hydrogens (primary N) is 1. The van der Waals surface area contributed by atoms with Crippen molar-refractivity contribution < 1.29 is 4.79 Å². The Morgan fingerprint density at radius 3 is 2.78 bits per heavy atom. The topological polar surface area (TPSA) is 58.4 Å². The number of anilines is 2. The van der Waals surface area contributed by atoms with E-state index in [2.05, 4.69) is 10.2 Å². The van der Waals surface area contributed by atoms with E-state index >= 15 is 0 Å². The van der Waals surface area contributed by atoms with Crippen LogP contribution in [0.5, 0.6) is 0 Å². The lowest BCUT2D eigenvalue weighted by Crippen LogP contribution is -2.19. The second-order valence-corrected chi connectivity index (χ2v) is 5.55. The fourth-order valence-electron chi connectivity index (χ4n) is 1.45. The SMILES string of the molecule is Cc1cccc(N)c1NC(=O)CSCCN(C)C. The zero-order valence-corrected chi connectivity index (χ0v) is 12.0. The normalized spacial score (nSPS) is 10.7. The third kappa shape index (κ3) is 4.98. The molecule has 0 atom stereocenters. The molecule has 0 aliphatic heterocycles. The average Bonchev–Trinajstić information content (AvgIpc) is 2.29. The van der Waals surface area contributed by atoms with Gasteiger partial charge in [0.1, 0.15) is 0 Å². The van der Waals surface area contributed by atoms with Gasteiger partial charge in [0.05, 0.1) is 17.1 Å². The lowest BCUT2D eigenvalue weighted by molar-refractivity contribution is -0.113. The van der Waals surface area contributed by atoms with E-state index in [-0.39, 0.29) is 5.91 Å². The van der Waals surface area contributed by atoms with Gasteiger partial charge in [0.25, 0.3) is 0 Å². The fraction of sp³-hybridized carbons (Fsp3) is 0.462. The molecular formula is C13H21N3OS. The summed E-state index contributed by atoms with van der Waals surface area (Å²) in [5.74, 6) is 1.41. The van der Waals surface area contributed by atoms with E-state index in [0.717, 1.165) is 23.5 Å². The van der Waals surface area contributed by atoms with Crippen molar-refractivity contribution >= 4 is 29.0 Å². The first-order valence-corrected chi connectivity index (χ1v) is 7.03. The van der Waals surface area contributed by atoms with Crippen molar-refractivity contribution in [3.8, 4) is 0 Å². The minimum Gasteiger partial charge on any atom is -0.397 e. The standard InChI is InChI=1S/C13H21N3OS/c1-10-5-4-6-11(14)13(10)15-12(17)9-18-8-7-16(2)3/h4-6H,7-9,14H2,1-3H3,(H,15,17). The van der Waals surface area contributed by atoms with Crippen LogP contribution in [-0.2, 0) is 4.79 Å². The van der Waals surface area contributed by atoms with Crippen LogP contribution in [0, 0.1) is 6.92 Å². The van der Waals surface area contributed by atoms with Crippen LogP contribution in [0.2, 0.25) is 0 Å². The largest absolute Gasteiger partial charge is 0.397 e. The van der Waals surface area contributed by atoms with Gasteiger partial charge in [-0.2, -0.15) is 11.8 Å². The van der Waals surface area contributed by atoms with Crippen molar-refractivity contribution in [3.63, 3.8) is 0 Å². The van der Waals surface area contributed by atoms with Crippen molar-refractivity contribution in [2.24, 2.45) is 0 Å². The molecule has 18 heavy (non-hydrogen) atoms. The third-order valence-electron chi connectivity index (χ3n) is 2.49. The molecule has 4 nitrogen and oxygen atoms in total. The first-order valence-electron chi connectivity index (χ1n) is 5.88. The summed E-state index contributed by atoms with van der Waals surface area (Å²) >= 11 is 1.63. The number of carbonyl (C=O) groups is 1. The van der Waals surface area contributed by atoms with E-state index in [1.165, 1.54) is 0 Å². The Hall–Kier alpha value is -1.20. The maximum atomic E-state index is 11.8. The molecule has 0 aliphatic carbocycles. The minimum absolute atomic E-state index is 0.000226. The van der Waals surface area contributed by atoms with Crippen LogP contribution in [-0.4, -0.2) is 43.0 Å². The first-order chi connectivity index (χ1) is 8.50. The molecule has 0 unspecified atom stereocenters. The molecule has 0 aliphatic rings. The Bertz CT molecular complexity index is 387. The maximum absolute atomic E-state index is 11.8. The molecule has 1 aromatic rings. The number of carbonyl (C=O) groups excluding carboxylic acids is 1. The van der Waals surface area contributed by atoms with E-state index < -0.39 is 0 Å². The van der Waals surface area contributed by atoms with Gasteiger partial charge in [-0.15, -0.1) is 0 Å². The molecule has 100 valence electrons. The van der Waals surface area contributed by atoms with Crippen LogP contribution in [0.15, 0.2) is 18.2 Å². The summed E-state index contributed by atoms with van der Waals surface area (Å²) in [7, 11) is 4.04. The van der Waals surface area contributed by atoms with Crippen molar-refractivity contribution in [3.05, 3.63) is 23.8 Å². The summed E-state index contributed by atoms with van der Waals surface area (Å²) in [6, 6.07) is 5.61. The molecule has 0 saturated heterocycles. The van der Waals surface area contributed by atoms with Crippen molar-refractivity contribution in [1.82, 2.24) is 4.90 Å². The van der Waals surface area contributed by atoms with Gasteiger partial charge in [0.2, 0.25) is 5.91 Å². The minimum atomic E-state index is -0.000226. The number of nitrogens with one attached hydrogen (secondary N) is 1. The van der Waals surface area contributed by atoms with E-state index in [1.807, 2.05) is 33.2 Å². The summed E-state index contributed by atoms with van der Waals surface area (Å²) < 4.78 is 0. The number of para-hydroxylation sites is 1. The smallest absolute Gasteiger partial charge is 0.234 e. The lowest BCUT2D eigenvalue weighted by atomic mass is 10.1. The Balaban J connectivity index is 2.40. The van der Waals surface area contributed by atoms with E-state index in [9.17, 15) is 4.79 Å². The molecular weight excluding hydrogens is 246 g/mol. The van der Waals surface area contributed by atoms with Crippen LogP contribution in [0.3, 0.4) is 0 Å². The highest BCUT2D eigenvalue weighted by molar-refractivity contribution is 7.99. The highest BCUT2D eigenvalue weighted by Crippen LogP contribution is 2.22. The lowest BCUT2D eigenvalue weighted by Gasteiger charge is -2.11. The van der Waals surface area contributed by atoms with Gasteiger partial charge in [-0.3, -0.25) is 4.79 Å². The van der Waals surface area contributed by atoms with Gasteiger partial charge in [-0.25, -0.2) is 0 Å². The fourth-order valence-corrected chi connectivity index (χ4v) is 2.34. The molecule has 0 spiro atoms. The van der Waals surface area contributed by atoms with Gasteiger partial charge in [-0.1, -0.05) is 12.1 Å². The van der Waals surface area contributed by atoms with Crippen LogP contribution in [0.25, 0.3) is 0 Å². The second kappa shape index (κ2) is 7.28. The molecule has 0 fully saturated rings. The number of hydrogen-bond acceptors (Lipinski definition) is 4. The van der Waals surface area contributed by atoms with Gasteiger partial charge in [0, 0.05) is 12.3 Å². The average molecular weight is 267 g/mol. The summed E-state index contributed by atoms with van der Waals surface area (Å²) in [6.07, 6.45) is 0. The molecule has 0 heterocycles. The highest BCUT2D eigenvalue weighted by atomic mass is 32.2. The number of rotatable bonds is 6. The van der Waals surface area contributed by atoms with Gasteiger partial charge in [0.15, 0.2) is 0 Å². The number of benzene rings is 1. The molecule has 0 aromatic heterocycles. The van der Waals surface area contributed by atoms with Crippen molar-refractivity contribution in [1.29, 1.82) is 0 Å². The Morgan fingerprint density at radius 1 is 1.44 bits per heavy atom. The highest BCUT2D eigenvalue weighted by Gasteiger charge is 2.07. The number of nitrogens with zero attached hydrogens (tertiary/aromatic N) is 1. The van der Waals surface area contributed by atoms with E-state index in [1.54, 1.807) is 17.8 Å². The molecule has 0 bridgehead atoms. The number of nitrogen functional groups attached to an aromatic ring is 1. The number of aryl methyl sites for hydroxylation is 1. The third-order valence-corrected chi connectivity index (χ3v) is 3.42. The summed E-state index contributed by atoms with van der Waals surface area (Å²) in [6.45, 7) is 2.91. The number of amides is 1. The summed E-state index contributed by atoms with van der Waals surface area (Å²) in [4.78, 5) is 13.9. The molecule has 5 heteroatoms. The molecule has 3 N–H and O–H groups in total. The predicted octanol–water partition coefficient (Wildman–Crippen LogP) is 1.81. The zero-order chi connectivity index (χ0) is 13.5. The number of thioether (sulfide) groups is 1. The van der Waals surface area contributed by atoms with Crippen LogP contribution >= 0.6 is 11.8 Å². The van der Waals surface area contributed by atoms with Crippen LogP contribution in [0.1, 0.15) is 5.56 Å². The van der Waals surface area contributed by atoms with Crippen LogP contribution in [0.4, 0.5) is 11.4 Å². The monoisotopic (exact) mass is 267 g/mol. The van der Waals surface area contributed by atoms with Gasteiger partial charge in [-0.05, 0) is 32.6 Å². The molecule has 1 aromatic carbocycles. The van der Waals surface area contributed by atoms with Crippen molar-refractivity contribution in [2.45, 2.75) is 6.92 Å². The molecule has 1 rings (SSSR count). The summed E-state index contributed by atoms with van der Waals surface area (Å²) in [5, 5.41) is 2.87. The maximum Gasteiger partial charge on any atom is 0.234 e.